The standard InChI is InChI=1S/C14H17N3/c1-2-3-4-8-17-14-6-5-13(15)11-7-9-16-10-12(11)14/h2-3,5-7,9-10,17H,4,8,15H2,1H3/b3-2+. The number of benzene rings is 1. The molecule has 0 unspecified atom stereocenters. The predicted molar refractivity (Wildman–Crippen MR) is 74.1 cm³/mol. The van der Waals surface area contributed by atoms with Crippen LogP contribution in [0.1, 0.15) is 13.3 Å². The van der Waals surface area contributed by atoms with Gasteiger partial charge in [-0.05, 0) is 31.5 Å². The minimum Gasteiger partial charge on any atom is -0.398 e. The maximum Gasteiger partial charge on any atom is 0.0437 e. The molecule has 0 fully saturated rings. The fourth-order valence-corrected chi connectivity index (χ4v) is 1.82. The Morgan fingerprint density at radius 2 is 2.18 bits per heavy atom. The molecule has 1 aromatic carbocycles. The van der Waals surface area contributed by atoms with E-state index in [-0.39, 0.29) is 0 Å². The molecule has 0 bridgehead atoms. The molecule has 3 N–H and O–H groups in total. The monoisotopic (exact) mass is 227 g/mol. The van der Waals surface area contributed by atoms with Crippen molar-refractivity contribution in [2.24, 2.45) is 0 Å². The highest BCUT2D eigenvalue weighted by Gasteiger charge is 2.02. The van der Waals surface area contributed by atoms with Gasteiger partial charge in [-0.15, -0.1) is 0 Å². The van der Waals surface area contributed by atoms with Gasteiger partial charge in [-0.2, -0.15) is 0 Å². The zero-order valence-electron chi connectivity index (χ0n) is 9.98. The molecule has 0 aliphatic heterocycles. The predicted octanol–water partition coefficient (Wildman–Crippen LogP) is 3.20. The molecule has 3 nitrogen and oxygen atoms in total. The van der Waals surface area contributed by atoms with Crippen LogP contribution in [0.15, 0.2) is 42.7 Å². The Balaban J connectivity index is 2.25. The number of nitrogens with zero attached hydrogens (tertiary/aromatic N) is 1. The van der Waals surface area contributed by atoms with Crippen LogP contribution in [0.2, 0.25) is 0 Å². The molecule has 2 aromatic rings. The van der Waals surface area contributed by atoms with E-state index in [4.69, 9.17) is 5.73 Å². The second kappa shape index (κ2) is 5.34. The Labute approximate surface area is 101 Å². The lowest BCUT2D eigenvalue weighted by Crippen LogP contribution is -2.01. The van der Waals surface area contributed by atoms with Crippen molar-refractivity contribution in [2.75, 3.05) is 17.6 Å². The van der Waals surface area contributed by atoms with E-state index in [1.54, 1.807) is 6.20 Å². The molecule has 17 heavy (non-hydrogen) atoms. The summed E-state index contributed by atoms with van der Waals surface area (Å²) in [5, 5.41) is 5.53. The molecule has 0 aliphatic rings. The second-order valence-electron chi connectivity index (χ2n) is 3.91. The summed E-state index contributed by atoms with van der Waals surface area (Å²) in [5.74, 6) is 0. The SMILES string of the molecule is C/C=C/CCNc1ccc(N)c2ccncc12. The van der Waals surface area contributed by atoms with Crippen molar-refractivity contribution in [3.8, 4) is 0 Å². The lowest BCUT2D eigenvalue weighted by Gasteiger charge is -2.10. The Hall–Kier alpha value is -2.03. The van der Waals surface area contributed by atoms with Crippen LogP contribution < -0.4 is 11.1 Å². The van der Waals surface area contributed by atoms with Crippen LogP contribution in [0.3, 0.4) is 0 Å². The summed E-state index contributed by atoms with van der Waals surface area (Å²) in [6.07, 6.45) is 8.84. The number of hydrogen-bond donors (Lipinski definition) is 2. The Kier molecular flexibility index (Phi) is 3.60. The van der Waals surface area contributed by atoms with Crippen molar-refractivity contribution in [2.45, 2.75) is 13.3 Å². The van der Waals surface area contributed by atoms with Gasteiger partial charge in [0, 0.05) is 41.1 Å². The minimum absolute atomic E-state index is 0.793. The first-order valence-corrected chi connectivity index (χ1v) is 5.80. The maximum absolute atomic E-state index is 5.93. The van der Waals surface area contributed by atoms with Crippen molar-refractivity contribution in [3.63, 3.8) is 0 Å². The Bertz CT molecular complexity index is 532. The highest BCUT2D eigenvalue weighted by molar-refractivity contribution is 6.00. The van der Waals surface area contributed by atoms with Crippen molar-refractivity contribution in [1.82, 2.24) is 4.98 Å². The van der Waals surface area contributed by atoms with E-state index in [0.29, 0.717) is 0 Å². The van der Waals surface area contributed by atoms with E-state index in [0.717, 1.165) is 35.1 Å². The number of nitrogens with one attached hydrogen (secondary N) is 1. The topological polar surface area (TPSA) is 50.9 Å². The average Bonchev–Trinajstić information content (AvgIpc) is 2.37. The van der Waals surface area contributed by atoms with Crippen LogP contribution in [-0.4, -0.2) is 11.5 Å². The zero-order valence-corrected chi connectivity index (χ0v) is 9.98. The normalized spacial score (nSPS) is 11.1. The van der Waals surface area contributed by atoms with Gasteiger partial charge in [0.1, 0.15) is 0 Å². The Morgan fingerprint density at radius 1 is 1.29 bits per heavy atom. The van der Waals surface area contributed by atoms with E-state index in [1.165, 1.54) is 0 Å². The molecular formula is C14H17N3. The van der Waals surface area contributed by atoms with E-state index in [1.807, 2.05) is 31.3 Å². The maximum atomic E-state index is 5.93. The molecule has 0 spiro atoms. The van der Waals surface area contributed by atoms with Gasteiger partial charge >= 0.3 is 0 Å². The molecule has 1 heterocycles. The van der Waals surface area contributed by atoms with Gasteiger partial charge in [0.05, 0.1) is 0 Å². The molecule has 0 saturated heterocycles. The molecule has 1 aromatic heterocycles. The number of nitrogen functional groups attached to an aromatic ring is 1. The molecule has 0 aliphatic carbocycles. The summed E-state index contributed by atoms with van der Waals surface area (Å²) in [6, 6.07) is 5.89. The average molecular weight is 227 g/mol. The molecule has 0 atom stereocenters. The van der Waals surface area contributed by atoms with E-state index in [9.17, 15) is 0 Å². The van der Waals surface area contributed by atoms with Crippen molar-refractivity contribution in [3.05, 3.63) is 42.7 Å². The van der Waals surface area contributed by atoms with Crippen LogP contribution in [0, 0.1) is 0 Å². The molecule has 0 radical (unpaired) electrons. The molecule has 88 valence electrons. The largest absolute Gasteiger partial charge is 0.398 e. The molecular weight excluding hydrogens is 210 g/mol. The summed E-state index contributed by atoms with van der Waals surface area (Å²) in [5.41, 5.74) is 7.82. The van der Waals surface area contributed by atoms with Gasteiger partial charge in [-0.3, -0.25) is 4.98 Å². The van der Waals surface area contributed by atoms with Crippen molar-refractivity contribution in [1.29, 1.82) is 0 Å². The van der Waals surface area contributed by atoms with E-state index < -0.39 is 0 Å². The van der Waals surface area contributed by atoms with Gasteiger partial charge in [-0.25, -0.2) is 0 Å². The summed E-state index contributed by atoms with van der Waals surface area (Å²) in [7, 11) is 0. The lowest BCUT2D eigenvalue weighted by atomic mass is 10.1. The molecule has 2 rings (SSSR count). The van der Waals surface area contributed by atoms with Crippen LogP contribution in [0.25, 0.3) is 10.8 Å². The third kappa shape index (κ3) is 2.56. The van der Waals surface area contributed by atoms with Gasteiger partial charge in [0.25, 0.3) is 0 Å². The highest BCUT2D eigenvalue weighted by Crippen LogP contribution is 2.27. The molecule has 3 heteroatoms. The number of anilines is 2. The summed E-state index contributed by atoms with van der Waals surface area (Å²) < 4.78 is 0. The number of allylic oxidation sites excluding steroid dienone is 1. The second-order valence-corrected chi connectivity index (χ2v) is 3.91. The third-order valence-electron chi connectivity index (χ3n) is 2.71. The van der Waals surface area contributed by atoms with Crippen LogP contribution in [0.4, 0.5) is 11.4 Å². The lowest BCUT2D eigenvalue weighted by molar-refractivity contribution is 1.07. The summed E-state index contributed by atoms with van der Waals surface area (Å²) in [6.45, 7) is 2.95. The van der Waals surface area contributed by atoms with Crippen LogP contribution >= 0.6 is 0 Å². The Morgan fingerprint density at radius 3 is 3.00 bits per heavy atom. The number of nitrogens with two attached hydrogens (primary N) is 1. The van der Waals surface area contributed by atoms with Crippen molar-refractivity contribution < 1.29 is 0 Å². The van der Waals surface area contributed by atoms with Gasteiger partial charge in [-0.1, -0.05) is 12.2 Å². The zero-order chi connectivity index (χ0) is 12.1. The van der Waals surface area contributed by atoms with Gasteiger partial charge < -0.3 is 11.1 Å². The number of fused-ring (bicyclic) bond motifs is 1. The molecule has 0 amide bonds. The minimum atomic E-state index is 0.793. The first-order valence-electron chi connectivity index (χ1n) is 5.80. The van der Waals surface area contributed by atoms with E-state index >= 15 is 0 Å². The van der Waals surface area contributed by atoms with Crippen LogP contribution in [-0.2, 0) is 0 Å². The van der Waals surface area contributed by atoms with E-state index in [2.05, 4.69) is 22.5 Å². The summed E-state index contributed by atoms with van der Waals surface area (Å²) >= 11 is 0. The fraction of sp³-hybridized carbons (Fsp3) is 0.214. The number of rotatable bonds is 4. The van der Waals surface area contributed by atoms with Gasteiger partial charge in [0.2, 0.25) is 0 Å². The molecule has 0 saturated carbocycles. The fourth-order valence-electron chi connectivity index (χ4n) is 1.82. The third-order valence-corrected chi connectivity index (χ3v) is 2.71. The quantitative estimate of drug-likeness (QED) is 0.479. The van der Waals surface area contributed by atoms with Crippen molar-refractivity contribution >= 4 is 22.1 Å². The summed E-state index contributed by atoms with van der Waals surface area (Å²) in [4.78, 5) is 4.15. The smallest absolute Gasteiger partial charge is 0.0437 e. The van der Waals surface area contributed by atoms with Crippen LogP contribution in [0.5, 0.6) is 0 Å². The first-order chi connectivity index (χ1) is 8.33. The highest BCUT2D eigenvalue weighted by atomic mass is 14.9. The number of hydrogen-bond acceptors (Lipinski definition) is 3. The first kappa shape index (κ1) is 11.5. The number of pyridine rings is 1. The van der Waals surface area contributed by atoms with Gasteiger partial charge in [0.15, 0.2) is 0 Å². The number of aromatic nitrogens is 1.